The van der Waals surface area contributed by atoms with Gasteiger partial charge in [-0.1, -0.05) is 0 Å². The van der Waals surface area contributed by atoms with Gasteiger partial charge in [-0.2, -0.15) is 0 Å². The molecule has 0 aliphatic carbocycles. The summed E-state index contributed by atoms with van der Waals surface area (Å²) in [5.74, 6) is -1.75. The Hall–Kier alpha value is -0.848. The first kappa shape index (κ1) is 19.5. The minimum absolute atomic E-state index is 0.370. The van der Waals surface area contributed by atoms with Crippen LogP contribution in [0.1, 0.15) is 27.7 Å². The molecule has 0 fully saturated rings. The Bertz CT molecular complexity index is 247. The van der Waals surface area contributed by atoms with E-state index in [2.05, 4.69) is 13.7 Å². The molecule has 0 aliphatic heterocycles. The fourth-order valence-electron chi connectivity index (χ4n) is 0.251. The first-order valence-electron chi connectivity index (χ1n) is 4.37. The average molecular weight is 475 g/mol. The Morgan fingerprint density at radius 1 is 0.722 bits per heavy atom. The summed E-state index contributed by atoms with van der Waals surface area (Å²) in [7, 11) is 0. The van der Waals surface area contributed by atoms with Crippen LogP contribution in [0.2, 0.25) is 0 Å². The second-order valence-electron chi connectivity index (χ2n) is 2.49. The van der Waals surface area contributed by atoms with Crippen molar-refractivity contribution >= 4 is 61.3 Å². The maximum atomic E-state index is 10.1. The van der Waals surface area contributed by atoms with Gasteiger partial charge in [0.1, 0.15) is 0 Å². The van der Waals surface area contributed by atoms with Gasteiger partial charge in [0.25, 0.3) is 12.3 Å². The van der Waals surface area contributed by atoms with Crippen molar-refractivity contribution in [1.29, 1.82) is 0 Å². The van der Waals surface area contributed by atoms with Gasteiger partial charge in [0.05, 0.1) is 0 Å². The SMILES string of the molecule is CC(=O)OSOC(C)=O.CC(=O)[O][Pb][O]C(C)=O. The summed E-state index contributed by atoms with van der Waals surface area (Å²) in [4.78, 5) is 40.1. The van der Waals surface area contributed by atoms with Crippen LogP contribution >= 0.6 is 12.3 Å². The molecule has 10 heteroatoms. The summed E-state index contributed by atoms with van der Waals surface area (Å²) in [6, 6.07) is 0. The first-order valence-corrected chi connectivity index (χ1v) is 8.22. The molecule has 0 N–H and O–H groups in total. The minimum atomic E-state index is -1.82. The number of rotatable bonds is 4. The van der Waals surface area contributed by atoms with Gasteiger partial charge < -0.3 is 8.37 Å². The van der Waals surface area contributed by atoms with Crippen molar-refractivity contribution in [2.45, 2.75) is 27.7 Å². The van der Waals surface area contributed by atoms with Crippen molar-refractivity contribution in [2.24, 2.45) is 0 Å². The zero-order valence-electron chi connectivity index (χ0n) is 10.2. The Kier molecular flexibility index (Phi) is 13.6. The fraction of sp³-hybridized carbons (Fsp3) is 0.500. The number of hydrogen-bond acceptors (Lipinski definition) is 9. The van der Waals surface area contributed by atoms with E-state index in [1.807, 2.05) is 0 Å². The van der Waals surface area contributed by atoms with Crippen molar-refractivity contribution in [3.8, 4) is 0 Å². The van der Waals surface area contributed by atoms with Gasteiger partial charge in [0.15, 0.2) is 0 Å². The van der Waals surface area contributed by atoms with E-state index >= 15 is 0 Å². The number of carbonyl (C=O) groups is 4. The molecule has 0 saturated heterocycles. The Morgan fingerprint density at radius 3 is 1.28 bits per heavy atom. The van der Waals surface area contributed by atoms with Crippen molar-refractivity contribution in [3.63, 3.8) is 0 Å². The van der Waals surface area contributed by atoms with Gasteiger partial charge >= 0.3 is 77.8 Å². The standard InChI is InChI=1S/C4H6O4S.2C2H4O2.Pb/c1-3(5)7-9-8-4(2)6;2*1-2(3)4;/h1-2H3;2*1H3,(H,3,4);/q;;;+2/p-2. The summed E-state index contributed by atoms with van der Waals surface area (Å²) in [6.07, 6.45) is 0. The van der Waals surface area contributed by atoms with Gasteiger partial charge in [0, 0.05) is 13.8 Å². The monoisotopic (exact) mass is 476 g/mol. The van der Waals surface area contributed by atoms with Crippen LogP contribution in [0, 0.1) is 0 Å². The molecule has 0 unspecified atom stereocenters. The molecule has 102 valence electrons. The third-order valence-electron chi connectivity index (χ3n) is 0.674. The molecule has 0 aromatic rings. The van der Waals surface area contributed by atoms with Crippen LogP contribution in [-0.2, 0) is 32.9 Å². The number of hydrogen-bond donors (Lipinski definition) is 0. The van der Waals surface area contributed by atoms with Crippen molar-refractivity contribution < 1.29 is 32.9 Å². The molecule has 0 heterocycles. The topological polar surface area (TPSA) is 105 Å². The maximum absolute atomic E-state index is 10.1. The summed E-state index contributed by atoms with van der Waals surface area (Å²) < 4.78 is 17.3. The molecule has 2 radical (unpaired) electrons. The Labute approximate surface area is 122 Å². The summed E-state index contributed by atoms with van der Waals surface area (Å²) in [6.45, 7) is 5.01. The molecule has 0 bridgehead atoms. The molecule has 0 amide bonds. The van der Waals surface area contributed by atoms with Crippen molar-refractivity contribution in [3.05, 3.63) is 0 Å². The molecule has 0 aromatic heterocycles. The zero-order chi connectivity index (χ0) is 14.6. The van der Waals surface area contributed by atoms with E-state index in [9.17, 15) is 19.2 Å². The first-order chi connectivity index (χ1) is 8.25. The molecular weight excluding hydrogens is 463 g/mol. The molecule has 0 atom stereocenters. The molecule has 0 aliphatic rings. The van der Waals surface area contributed by atoms with E-state index in [4.69, 9.17) is 0 Å². The van der Waals surface area contributed by atoms with Crippen molar-refractivity contribution in [1.82, 2.24) is 0 Å². The van der Waals surface area contributed by atoms with E-state index in [1.54, 1.807) is 0 Å². The van der Waals surface area contributed by atoms with Gasteiger partial charge in [0.2, 0.25) is 0 Å². The van der Waals surface area contributed by atoms with Crippen LogP contribution in [0.5, 0.6) is 0 Å². The molecular formula is C8H12O8PbS. The third kappa shape index (κ3) is 24.4. The molecule has 0 aromatic carbocycles. The van der Waals surface area contributed by atoms with Crippen LogP contribution in [0.15, 0.2) is 0 Å². The van der Waals surface area contributed by atoms with Crippen LogP contribution in [-0.4, -0.2) is 49.0 Å². The van der Waals surface area contributed by atoms with Gasteiger partial charge in [-0.3, -0.25) is 9.59 Å². The third-order valence-corrected chi connectivity index (χ3v) is 4.16. The second kappa shape index (κ2) is 12.6. The predicted molar refractivity (Wildman–Crippen MR) is 60.4 cm³/mol. The molecule has 0 saturated carbocycles. The Morgan fingerprint density at radius 2 is 1.06 bits per heavy atom. The molecule has 8 nitrogen and oxygen atoms in total. The zero-order valence-corrected chi connectivity index (χ0v) is 14.9. The summed E-state index contributed by atoms with van der Waals surface area (Å²) in [5, 5.41) is 0. The van der Waals surface area contributed by atoms with Gasteiger partial charge in [-0.15, -0.1) is 0 Å². The van der Waals surface area contributed by atoms with E-state index < -0.39 is 37.1 Å². The van der Waals surface area contributed by atoms with E-state index in [-0.39, 0.29) is 11.9 Å². The van der Waals surface area contributed by atoms with E-state index in [0.717, 1.165) is 0 Å². The molecule has 0 spiro atoms. The van der Waals surface area contributed by atoms with Gasteiger partial charge in [-0.25, -0.2) is 0 Å². The van der Waals surface area contributed by atoms with Crippen LogP contribution in [0.3, 0.4) is 0 Å². The summed E-state index contributed by atoms with van der Waals surface area (Å²) >= 11 is -1.45. The molecule has 0 rings (SSSR count). The van der Waals surface area contributed by atoms with E-state index in [1.165, 1.54) is 27.7 Å². The van der Waals surface area contributed by atoms with Gasteiger partial charge in [-0.05, 0) is 0 Å². The predicted octanol–water partition coefficient (Wildman–Crippen LogP) is 0.323. The average Bonchev–Trinajstić information content (AvgIpc) is 2.15. The normalized spacial score (nSPS) is 8.22. The second-order valence-corrected chi connectivity index (χ2v) is 5.19. The Balaban J connectivity index is 0. The van der Waals surface area contributed by atoms with Crippen LogP contribution in [0.25, 0.3) is 0 Å². The molecule has 18 heavy (non-hydrogen) atoms. The fourth-order valence-corrected chi connectivity index (χ4v) is 1.55. The summed E-state index contributed by atoms with van der Waals surface area (Å²) in [5.41, 5.74) is 0. The van der Waals surface area contributed by atoms with Crippen LogP contribution < -0.4 is 0 Å². The van der Waals surface area contributed by atoms with Crippen molar-refractivity contribution in [2.75, 3.05) is 0 Å². The number of carbonyl (C=O) groups excluding carboxylic acids is 4. The van der Waals surface area contributed by atoms with Crippen LogP contribution in [0.4, 0.5) is 0 Å². The van der Waals surface area contributed by atoms with E-state index in [0.29, 0.717) is 12.3 Å². The quantitative estimate of drug-likeness (QED) is 0.420.